The molecule has 2 unspecified atom stereocenters. The molecule has 1 saturated heterocycles. The fourth-order valence-electron chi connectivity index (χ4n) is 2.54. The van der Waals surface area contributed by atoms with Crippen molar-refractivity contribution >= 4 is 21.2 Å². The van der Waals surface area contributed by atoms with Gasteiger partial charge in [0.15, 0.2) is 9.84 Å². The predicted molar refractivity (Wildman–Crippen MR) is 72.1 cm³/mol. The van der Waals surface area contributed by atoms with E-state index in [1.165, 1.54) is 4.88 Å². The summed E-state index contributed by atoms with van der Waals surface area (Å²) in [6, 6.07) is 1.73. The van der Waals surface area contributed by atoms with Crippen LogP contribution >= 0.6 is 11.3 Å². The summed E-state index contributed by atoms with van der Waals surface area (Å²) in [6.07, 6.45) is 2.47. The van der Waals surface area contributed by atoms with E-state index in [1.54, 1.807) is 11.3 Å². The van der Waals surface area contributed by atoms with E-state index in [1.807, 2.05) is 13.8 Å². The zero-order valence-corrected chi connectivity index (χ0v) is 11.9. The van der Waals surface area contributed by atoms with E-state index in [4.69, 9.17) is 5.73 Å². The van der Waals surface area contributed by atoms with Crippen LogP contribution in [0, 0.1) is 13.8 Å². The Hall–Kier alpha value is -0.390. The maximum Gasteiger partial charge on any atom is 0.155 e. The molecule has 2 rings (SSSR count). The zero-order valence-electron chi connectivity index (χ0n) is 10.3. The average molecular weight is 273 g/mol. The number of thiophene rings is 1. The van der Waals surface area contributed by atoms with Gasteiger partial charge in [-0.2, -0.15) is 0 Å². The summed E-state index contributed by atoms with van der Waals surface area (Å²) < 4.78 is 24.1. The molecule has 0 amide bonds. The molecular weight excluding hydrogens is 254 g/mol. The highest BCUT2D eigenvalue weighted by atomic mass is 32.2. The van der Waals surface area contributed by atoms with Crippen LogP contribution in [-0.4, -0.2) is 19.4 Å². The van der Waals surface area contributed by atoms with Crippen molar-refractivity contribution < 1.29 is 8.42 Å². The number of sulfone groups is 1. The summed E-state index contributed by atoms with van der Waals surface area (Å²) >= 11 is 1.63. The van der Waals surface area contributed by atoms with E-state index >= 15 is 0 Å². The second kappa shape index (κ2) is 4.71. The van der Waals surface area contributed by atoms with E-state index in [0.29, 0.717) is 12.2 Å². The van der Waals surface area contributed by atoms with Crippen LogP contribution in [0.5, 0.6) is 0 Å². The Kier molecular flexibility index (Phi) is 3.61. The van der Waals surface area contributed by atoms with Crippen LogP contribution < -0.4 is 5.73 Å². The number of aryl methyl sites for hydroxylation is 2. The second-order valence-corrected chi connectivity index (χ2v) is 8.46. The lowest BCUT2D eigenvalue weighted by atomic mass is 10.0. The van der Waals surface area contributed by atoms with Crippen molar-refractivity contribution in [3.05, 3.63) is 21.4 Å². The number of rotatable bonds is 2. The van der Waals surface area contributed by atoms with Crippen molar-refractivity contribution in [3.8, 4) is 0 Å². The Balaban J connectivity index is 2.31. The van der Waals surface area contributed by atoms with Crippen LogP contribution in [0.15, 0.2) is 6.07 Å². The van der Waals surface area contributed by atoms with Gasteiger partial charge in [0.2, 0.25) is 0 Å². The summed E-state index contributed by atoms with van der Waals surface area (Å²) in [4.78, 5) is 2.24. The van der Waals surface area contributed by atoms with E-state index in [2.05, 4.69) is 6.07 Å². The summed E-state index contributed by atoms with van der Waals surface area (Å²) in [5.74, 6) is 0.300. The quantitative estimate of drug-likeness (QED) is 0.899. The van der Waals surface area contributed by atoms with Gasteiger partial charge in [-0.25, -0.2) is 8.42 Å². The zero-order chi connectivity index (χ0) is 12.6. The highest BCUT2D eigenvalue weighted by Gasteiger charge is 2.35. The second-order valence-electron chi connectivity index (χ2n) is 4.83. The summed E-state index contributed by atoms with van der Waals surface area (Å²) in [7, 11) is -3.00. The molecule has 0 spiro atoms. The minimum Gasteiger partial charge on any atom is -0.322 e. The molecule has 1 aromatic heterocycles. The molecule has 1 aromatic rings. The van der Waals surface area contributed by atoms with Crippen molar-refractivity contribution in [2.24, 2.45) is 5.73 Å². The minimum absolute atomic E-state index is 0.300. The first-order chi connectivity index (χ1) is 7.92. The molecule has 17 heavy (non-hydrogen) atoms. The molecular formula is C12H19NO2S2. The standard InChI is InChI=1S/C12H19NO2S2/c1-8-7-9(2)16-12(8)11(13)10-5-3-4-6-17(10,14)15/h7,10-11H,3-6,13H2,1-2H3. The van der Waals surface area contributed by atoms with Crippen LogP contribution in [0.2, 0.25) is 0 Å². The molecule has 1 aliphatic heterocycles. The minimum atomic E-state index is -3.00. The fourth-order valence-corrected chi connectivity index (χ4v) is 5.75. The van der Waals surface area contributed by atoms with Gasteiger partial charge in [0.1, 0.15) is 0 Å². The van der Waals surface area contributed by atoms with Crippen LogP contribution in [0.25, 0.3) is 0 Å². The average Bonchev–Trinajstić information content (AvgIpc) is 2.56. The molecule has 2 atom stereocenters. The van der Waals surface area contributed by atoms with Crippen molar-refractivity contribution in [1.29, 1.82) is 0 Å². The fraction of sp³-hybridized carbons (Fsp3) is 0.667. The highest BCUT2D eigenvalue weighted by molar-refractivity contribution is 7.92. The third kappa shape index (κ3) is 2.56. The lowest BCUT2D eigenvalue weighted by Crippen LogP contribution is -2.37. The van der Waals surface area contributed by atoms with Gasteiger partial charge in [0.25, 0.3) is 0 Å². The van der Waals surface area contributed by atoms with Crippen LogP contribution in [0.3, 0.4) is 0 Å². The Morgan fingerprint density at radius 3 is 2.65 bits per heavy atom. The van der Waals surface area contributed by atoms with Crippen molar-refractivity contribution in [3.63, 3.8) is 0 Å². The van der Waals surface area contributed by atoms with Gasteiger partial charge in [-0.15, -0.1) is 11.3 Å². The number of nitrogens with two attached hydrogens (primary N) is 1. The van der Waals surface area contributed by atoms with Crippen LogP contribution in [0.1, 0.15) is 40.6 Å². The molecule has 5 heteroatoms. The smallest absolute Gasteiger partial charge is 0.155 e. The van der Waals surface area contributed by atoms with Gasteiger partial charge in [0, 0.05) is 9.75 Å². The van der Waals surface area contributed by atoms with Crippen molar-refractivity contribution in [2.45, 2.75) is 44.4 Å². The topological polar surface area (TPSA) is 60.2 Å². The molecule has 1 aliphatic rings. The summed E-state index contributed by atoms with van der Waals surface area (Å²) in [5.41, 5.74) is 7.32. The van der Waals surface area contributed by atoms with Gasteiger partial charge in [-0.3, -0.25) is 0 Å². The Bertz CT molecular complexity index is 505. The lowest BCUT2D eigenvalue weighted by molar-refractivity contribution is 0.507. The number of hydrogen-bond acceptors (Lipinski definition) is 4. The monoisotopic (exact) mass is 273 g/mol. The Morgan fingerprint density at radius 1 is 1.41 bits per heavy atom. The first-order valence-corrected chi connectivity index (χ1v) is 8.49. The Morgan fingerprint density at radius 2 is 2.12 bits per heavy atom. The van der Waals surface area contributed by atoms with Gasteiger partial charge in [-0.1, -0.05) is 6.42 Å². The molecule has 0 bridgehead atoms. The van der Waals surface area contributed by atoms with E-state index in [9.17, 15) is 8.42 Å². The van der Waals surface area contributed by atoms with Crippen molar-refractivity contribution in [2.75, 3.05) is 5.75 Å². The van der Waals surface area contributed by atoms with Gasteiger partial charge < -0.3 is 5.73 Å². The van der Waals surface area contributed by atoms with Gasteiger partial charge in [0.05, 0.1) is 17.0 Å². The number of hydrogen-bond donors (Lipinski definition) is 1. The van der Waals surface area contributed by atoms with Crippen LogP contribution in [-0.2, 0) is 9.84 Å². The Labute approximate surface area is 107 Å². The molecule has 2 N–H and O–H groups in total. The van der Waals surface area contributed by atoms with E-state index < -0.39 is 9.84 Å². The summed E-state index contributed by atoms with van der Waals surface area (Å²) in [5, 5.41) is -0.381. The maximum absolute atomic E-state index is 12.0. The highest BCUT2D eigenvalue weighted by Crippen LogP contribution is 2.34. The van der Waals surface area contributed by atoms with E-state index in [-0.39, 0.29) is 11.3 Å². The third-order valence-corrected chi connectivity index (χ3v) is 6.97. The lowest BCUT2D eigenvalue weighted by Gasteiger charge is -2.27. The van der Waals surface area contributed by atoms with Gasteiger partial charge in [-0.05, 0) is 38.3 Å². The first kappa shape index (κ1) is 13.1. The molecule has 0 saturated carbocycles. The summed E-state index contributed by atoms with van der Waals surface area (Å²) in [6.45, 7) is 4.04. The largest absolute Gasteiger partial charge is 0.322 e. The molecule has 96 valence electrons. The van der Waals surface area contributed by atoms with Crippen LogP contribution in [0.4, 0.5) is 0 Å². The third-order valence-electron chi connectivity index (χ3n) is 3.41. The molecule has 0 aliphatic carbocycles. The van der Waals surface area contributed by atoms with Gasteiger partial charge >= 0.3 is 0 Å². The van der Waals surface area contributed by atoms with E-state index in [0.717, 1.165) is 23.3 Å². The maximum atomic E-state index is 12.0. The molecule has 0 radical (unpaired) electrons. The predicted octanol–water partition coefficient (Wildman–Crippen LogP) is 2.33. The SMILES string of the molecule is Cc1cc(C)c(C(N)C2CCCCS2(=O)=O)s1. The molecule has 0 aromatic carbocycles. The normalized spacial score (nSPS) is 25.7. The molecule has 2 heterocycles. The van der Waals surface area contributed by atoms with Crippen molar-refractivity contribution in [1.82, 2.24) is 0 Å². The molecule has 3 nitrogen and oxygen atoms in total. The molecule has 1 fully saturated rings. The first-order valence-electron chi connectivity index (χ1n) is 5.96.